The molecule has 0 aliphatic heterocycles. The van der Waals surface area contributed by atoms with Crippen molar-refractivity contribution < 1.29 is 13.9 Å². The van der Waals surface area contributed by atoms with Gasteiger partial charge in [-0.1, -0.05) is 26.8 Å². The minimum Gasteiger partial charge on any atom is -0.388 e. The SMILES string of the molecule is CCn1c(CO)nn(-c2cc3c(C(C)(C)C)cn(-c4cc(C)ccc4F)c(=O)c3cc2F)c1=O. The summed E-state index contributed by atoms with van der Waals surface area (Å²) in [5.41, 5.74) is -0.316. The molecule has 2 heterocycles. The van der Waals surface area contributed by atoms with Crippen LogP contribution in [0.4, 0.5) is 8.78 Å². The Kier molecular flexibility index (Phi) is 5.77. The van der Waals surface area contributed by atoms with E-state index in [4.69, 9.17) is 0 Å². The molecule has 0 radical (unpaired) electrons. The predicted octanol–water partition coefficient (Wildman–Crippen LogP) is 3.73. The number of nitrogens with zero attached hydrogens (tertiary/aromatic N) is 4. The van der Waals surface area contributed by atoms with Crippen LogP contribution in [-0.2, 0) is 18.6 Å². The summed E-state index contributed by atoms with van der Waals surface area (Å²) in [7, 11) is 0. The van der Waals surface area contributed by atoms with Gasteiger partial charge in [0.05, 0.1) is 11.1 Å². The largest absolute Gasteiger partial charge is 0.388 e. The second-order valence-electron chi connectivity index (χ2n) is 9.28. The number of benzene rings is 2. The van der Waals surface area contributed by atoms with Crippen LogP contribution in [0.25, 0.3) is 22.1 Å². The average molecular weight is 469 g/mol. The maximum absolute atomic E-state index is 15.3. The number of aromatic nitrogens is 4. The number of aliphatic hydroxyl groups is 1. The molecule has 0 unspecified atom stereocenters. The average Bonchev–Trinajstić information content (AvgIpc) is 3.10. The van der Waals surface area contributed by atoms with Gasteiger partial charge in [-0.2, -0.15) is 4.68 Å². The van der Waals surface area contributed by atoms with Gasteiger partial charge in [0.1, 0.15) is 23.9 Å². The van der Waals surface area contributed by atoms with Crippen molar-refractivity contribution in [3.05, 3.63) is 86.0 Å². The van der Waals surface area contributed by atoms with Gasteiger partial charge in [0.2, 0.25) is 0 Å². The minimum absolute atomic E-state index is 0.0555. The lowest BCUT2D eigenvalue weighted by molar-refractivity contribution is 0.264. The lowest BCUT2D eigenvalue weighted by atomic mass is 9.84. The Balaban J connectivity index is 2.10. The highest BCUT2D eigenvalue weighted by atomic mass is 19.1. The van der Waals surface area contributed by atoms with E-state index >= 15 is 4.39 Å². The topological polar surface area (TPSA) is 82.0 Å². The van der Waals surface area contributed by atoms with Crippen molar-refractivity contribution in [1.82, 2.24) is 18.9 Å². The fraction of sp³-hybridized carbons (Fsp3) is 0.320. The van der Waals surface area contributed by atoms with E-state index in [1.165, 1.54) is 21.3 Å². The normalized spacial score (nSPS) is 12.0. The molecule has 2 aromatic carbocycles. The maximum Gasteiger partial charge on any atom is 0.350 e. The van der Waals surface area contributed by atoms with Gasteiger partial charge in [-0.3, -0.25) is 13.9 Å². The number of hydrogen-bond acceptors (Lipinski definition) is 4. The molecule has 0 aliphatic carbocycles. The van der Waals surface area contributed by atoms with Crippen LogP contribution in [0.2, 0.25) is 0 Å². The second-order valence-corrected chi connectivity index (χ2v) is 9.28. The fourth-order valence-electron chi connectivity index (χ4n) is 4.12. The number of aryl methyl sites for hydroxylation is 1. The molecule has 4 aromatic rings. The highest BCUT2D eigenvalue weighted by Crippen LogP contribution is 2.32. The Hall–Kier alpha value is -3.59. The Labute approximate surface area is 194 Å². The van der Waals surface area contributed by atoms with Gasteiger partial charge in [0, 0.05) is 12.7 Å². The number of aliphatic hydroxyl groups excluding tert-OH is 1. The van der Waals surface area contributed by atoms with Crippen molar-refractivity contribution in [2.75, 3.05) is 0 Å². The Morgan fingerprint density at radius 1 is 1.00 bits per heavy atom. The molecule has 7 nitrogen and oxygen atoms in total. The van der Waals surface area contributed by atoms with Crippen LogP contribution in [0.3, 0.4) is 0 Å². The number of rotatable bonds is 4. The van der Waals surface area contributed by atoms with E-state index in [0.717, 1.165) is 16.3 Å². The molecule has 178 valence electrons. The van der Waals surface area contributed by atoms with Crippen LogP contribution in [-0.4, -0.2) is 24.0 Å². The van der Waals surface area contributed by atoms with Gasteiger partial charge in [-0.25, -0.2) is 13.6 Å². The van der Waals surface area contributed by atoms with Crippen LogP contribution in [0.15, 0.2) is 46.1 Å². The first-order valence-corrected chi connectivity index (χ1v) is 10.9. The Morgan fingerprint density at radius 2 is 1.71 bits per heavy atom. The standard InChI is InChI=1S/C25H26F2N4O3/c1-6-29-22(13-32)28-31(24(29)34)21-11-15-16(10-19(21)27)23(33)30(12-17(15)25(3,4)5)20-9-14(2)7-8-18(20)26/h7-12,32H,6,13H2,1-5H3. The van der Waals surface area contributed by atoms with Gasteiger partial charge in [-0.15, -0.1) is 5.10 Å². The maximum atomic E-state index is 15.3. The third-order valence-corrected chi connectivity index (χ3v) is 5.88. The summed E-state index contributed by atoms with van der Waals surface area (Å²) in [4.78, 5) is 26.2. The van der Waals surface area contributed by atoms with Gasteiger partial charge in [-0.05, 0) is 60.0 Å². The van der Waals surface area contributed by atoms with E-state index in [1.807, 2.05) is 20.8 Å². The molecule has 9 heteroatoms. The van der Waals surface area contributed by atoms with Gasteiger partial charge < -0.3 is 5.11 Å². The summed E-state index contributed by atoms with van der Waals surface area (Å²) < 4.78 is 33.3. The van der Waals surface area contributed by atoms with Crippen LogP contribution in [0.5, 0.6) is 0 Å². The molecule has 0 atom stereocenters. The molecular formula is C25H26F2N4O3. The molecule has 0 amide bonds. The number of halogens is 2. The van der Waals surface area contributed by atoms with Crippen molar-refractivity contribution in [2.45, 2.75) is 53.2 Å². The molecule has 0 saturated heterocycles. The summed E-state index contributed by atoms with van der Waals surface area (Å²) in [6.45, 7) is 9.05. The van der Waals surface area contributed by atoms with E-state index in [1.54, 1.807) is 32.2 Å². The van der Waals surface area contributed by atoms with Crippen LogP contribution in [0.1, 0.15) is 44.6 Å². The zero-order valence-electron chi connectivity index (χ0n) is 19.7. The molecule has 4 rings (SSSR count). The predicted molar refractivity (Wildman–Crippen MR) is 126 cm³/mol. The van der Waals surface area contributed by atoms with Gasteiger partial charge >= 0.3 is 5.69 Å². The van der Waals surface area contributed by atoms with Crippen molar-refractivity contribution >= 4 is 10.8 Å². The summed E-state index contributed by atoms with van der Waals surface area (Å²) in [5, 5.41) is 14.1. The molecule has 1 N–H and O–H groups in total. The number of fused-ring (bicyclic) bond motifs is 1. The zero-order chi connectivity index (χ0) is 24.9. The lowest BCUT2D eigenvalue weighted by Gasteiger charge is -2.23. The molecule has 0 fully saturated rings. The van der Waals surface area contributed by atoms with Crippen molar-refractivity contribution in [3.63, 3.8) is 0 Å². The highest BCUT2D eigenvalue weighted by Gasteiger charge is 2.24. The van der Waals surface area contributed by atoms with Crippen molar-refractivity contribution in [3.8, 4) is 11.4 Å². The van der Waals surface area contributed by atoms with E-state index < -0.39 is 34.9 Å². The first-order valence-electron chi connectivity index (χ1n) is 10.9. The van der Waals surface area contributed by atoms with Crippen molar-refractivity contribution in [1.29, 1.82) is 0 Å². The quantitative estimate of drug-likeness (QED) is 0.495. The highest BCUT2D eigenvalue weighted by molar-refractivity contribution is 5.88. The van der Waals surface area contributed by atoms with E-state index in [9.17, 15) is 19.1 Å². The zero-order valence-corrected chi connectivity index (χ0v) is 19.7. The van der Waals surface area contributed by atoms with Crippen LogP contribution in [0, 0.1) is 18.6 Å². The lowest BCUT2D eigenvalue weighted by Crippen LogP contribution is -2.26. The first kappa shape index (κ1) is 23.6. The molecule has 2 aromatic heterocycles. The first-order chi connectivity index (χ1) is 16.0. The van der Waals surface area contributed by atoms with Crippen molar-refractivity contribution in [2.24, 2.45) is 0 Å². The Bertz CT molecular complexity index is 1540. The molecule has 0 aliphatic rings. The van der Waals surface area contributed by atoms with E-state index in [2.05, 4.69) is 5.10 Å². The summed E-state index contributed by atoms with van der Waals surface area (Å²) in [5.74, 6) is -1.30. The minimum atomic E-state index is -0.834. The molecule has 0 bridgehead atoms. The molecule has 0 saturated carbocycles. The van der Waals surface area contributed by atoms with Gasteiger partial charge in [0.15, 0.2) is 5.82 Å². The van der Waals surface area contributed by atoms with E-state index in [0.29, 0.717) is 10.9 Å². The van der Waals surface area contributed by atoms with Crippen LogP contribution >= 0.6 is 0 Å². The summed E-state index contributed by atoms with van der Waals surface area (Å²) in [6.07, 6.45) is 1.57. The molecule has 34 heavy (non-hydrogen) atoms. The fourth-order valence-corrected chi connectivity index (χ4v) is 4.12. The summed E-state index contributed by atoms with van der Waals surface area (Å²) >= 11 is 0. The van der Waals surface area contributed by atoms with E-state index in [-0.39, 0.29) is 29.1 Å². The molecule has 0 spiro atoms. The third kappa shape index (κ3) is 3.75. The molecular weight excluding hydrogens is 442 g/mol. The second kappa shape index (κ2) is 8.32. The van der Waals surface area contributed by atoms with Gasteiger partial charge in [0.25, 0.3) is 5.56 Å². The third-order valence-electron chi connectivity index (χ3n) is 5.88. The Morgan fingerprint density at radius 3 is 2.29 bits per heavy atom. The smallest absolute Gasteiger partial charge is 0.350 e. The monoisotopic (exact) mass is 468 g/mol. The number of hydrogen-bond donors (Lipinski definition) is 1. The number of pyridine rings is 1. The summed E-state index contributed by atoms with van der Waals surface area (Å²) in [6, 6.07) is 6.93. The van der Waals surface area contributed by atoms with Crippen LogP contribution < -0.4 is 11.2 Å².